The van der Waals surface area contributed by atoms with Gasteiger partial charge in [0.25, 0.3) is 0 Å². The third kappa shape index (κ3) is 3.07. The summed E-state index contributed by atoms with van der Waals surface area (Å²) in [4.78, 5) is 5.58. The van der Waals surface area contributed by atoms with Crippen molar-refractivity contribution in [3.8, 4) is 0 Å². The maximum atomic E-state index is 4.24. The lowest BCUT2D eigenvalue weighted by atomic mass is 9.88. The lowest BCUT2D eigenvalue weighted by molar-refractivity contribution is 0.285. The summed E-state index contributed by atoms with van der Waals surface area (Å²) in [7, 11) is 0. The molecule has 0 aliphatic heterocycles. The average Bonchev–Trinajstić information content (AvgIpc) is 2.45. The summed E-state index contributed by atoms with van der Waals surface area (Å²) in [6, 6.07) is 0.518. The van der Waals surface area contributed by atoms with Crippen LogP contribution in [0.4, 0.5) is 0 Å². The smallest absolute Gasteiger partial charge is 0.0798 e. The van der Waals surface area contributed by atoms with E-state index >= 15 is 0 Å². The monoisotopic (exact) mass is 212 g/mol. The number of hydrogen-bond acceptors (Lipinski definition) is 3. The molecule has 1 atom stereocenters. The molecule has 80 valence electrons. The molecule has 0 aliphatic rings. The van der Waals surface area contributed by atoms with Gasteiger partial charge in [-0.15, -0.1) is 11.3 Å². The van der Waals surface area contributed by atoms with E-state index in [1.54, 1.807) is 11.3 Å². The van der Waals surface area contributed by atoms with Gasteiger partial charge in [-0.1, -0.05) is 20.8 Å². The van der Waals surface area contributed by atoms with Crippen molar-refractivity contribution in [1.29, 1.82) is 0 Å². The second-order valence-electron chi connectivity index (χ2n) is 4.83. The summed E-state index contributed by atoms with van der Waals surface area (Å²) in [6.07, 6.45) is 0. The van der Waals surface area contributed by atoms with Crippen LogP contribution in [0.25, 0.3) is 0 Å². The Labute approximate surface area is 90.8 Å². The molecule has 0 amide bonds. The van der Waals surface area contributed by atoms with Crippen LogP contribution in [0.3, 0.4) is 0 Å². The van der Waals surface area contributed by atoms with Crippen LogP contribution in [0.5, 0.6) is 0 Å². The van der Waals surface area contributed by atoms with Crippen molar-refractivity contribution < 1.29 is 0 Å². The highest BCUT2D eigenvalue weighted by Gasteiger charge is 2.19. The van der Waals surface area contributed by atoms with Crippen LogP contribution in [0.1, 0.15) is 38.3 Å². The number of aryl methyl sites for hydroxylation is 1. The third-order valence-electron chi connectivity index (χ3n) is 2.71. The molecule has 2 nitrogen and oxygen atoms in total. The highest BCUT2D eigenvalue weighted by Crippen LogP contribution is 2.20. The van der Waals surface area contributed by atoms with E-state index in [-0.39, 0.29) is 0 Å². The largest absolute Gasteiger partial charge is 0.309 e. The second kappa shape index (κ2) is 4.41. The summed E-state index contributed by atoms with van der Waals surface area (Å²) in [5, 5.41) is 3.54. The Morgan fingerprint density at radius 3 is 2.57 bits per heavy atom. The van der Waals surface area contributed by atoms with Crippen LogP contribution in [-0.4, -0.2) is 11.0 Å². The number of hydrogen-bond donors (Lipinski definition) is 1. The number of rotatable bonds is 3. The zero-order valence-electron chi connectivity index (χ0n) is 9.72. The Balaban J connectivity index is 2.46. The molecule has 0 saturated carbocycles. The fourth-order valence-corrected chi connectivity index (χ4v) is 1.78. The fraction of sp³-hybridized carbons (Fsp3) is 0.727. The van der Waals surface area contributed by atoms with Crippen molar-refractivity contribution >= 4 is 11.3 Å². The first-order chi connectivity index (χ1) is 6.41. The van der Waals surface area contributed by atoms with Gasteiger partial charge in [-0.25, -0.2) is 4.98 Å². The zero-order valence-corrected chi connectivity index (χ0v) is 10.5. The predicted octanol–water partition coefficient (Wildman–Crippen LogP) is 2.98. The standard InChI is InChI=1S/C11H20N2S/c1-8-10(14-7-13-8)6-12-9(2)11(3,4)5/h7,9,12H,6H2,1-5H3. The molecular weight excluding hydrogens is 192 g/mol. The Hall–Kier alpha value is -0.410. The van der Waals surface area contributed by atoms with Crippen molar-refractivity contribution in [2.24, 2.45) is 5.41 Å². The van der Waals surface area contributed by atoms with Crippen molar-refractivity contribution in [2.75, 3.05) is 0 Å². The topological polar surface area (TPSA) is 24.9 Å². The molecule has 0 spiro atoms. The van der Waals surface area contributed by atoms with Crippen LogP contribution in [0.15, 0.2) is 5.51 Å². The van der Waals surface area contributed by atoms with Crippen LogP contribution < -0.4 is 5.32 Å². The number of thiazole rings is 1. The van der Waals surface area contributed by atoms with Gasteiger partial charge >= 0.3 is 0 Å². The molecule has 1 aromatic rings. The first-order valence-electron chi connectivity index (χ1n) is 5.03. The molecule has 1 N–H and O–H groups in total. The van der Waals surface area contributed by atoms with Gasteiger partial charge in [-0.05, 0) is 19.3 Å². The summed E-state index contributed by atoms with van der Waals surface area (Å²) >= 11 is 1.73. The summed E-state index contributed by atoms with van der Waals surface area (Å²) < 4.78 is 0. The van der Waals surface area contributed by atoms with Crippen molar-refractivity contribution in [2.45, 2.75) is 47.2 Å². The van der Waals surface area contributed by atoms with Crippen LogP contribution >= 0.6 is 11.3 Å². The molecule has 0 aliphatic carbocycles. The molecule has 1 rings (SSSR count). The molecule has 0 saturated heterocycles. The average molecular weight is 212 g/mol. The van der Waals surface area contributed by atoms with E-state index in [1.807, 2.05) is 5.51 Å². The molecule has 1 heterocycles. The second-order valence-corrected chi connectivity index (χ2v) is 5.77. The molecule has 1 unspecified atom stereocenters. The van der Waals surface area contributed by atoms with Gasteiger partial charge in [-0.2, -0.15) is 0 Å². The lowest BCUT2D eigenvalue weighted by Gasteiger charge is -2.28. The fourth-order valence-electron chi connectivity index (χ4n) is 1.05. The zero-order chi connectivity index (χ0) is 10.8. The van der Waals surface area contributed by atoms with E-state index in [4.69, 9.17) is 0 Å². The Morgan fingerprint density at radius 2 is 2.14 bits per heavy atom. The predicted molar refractivity (Wildman–Crippen MR) is 62.6 cm³/mol. The first-order valence-corrected chi connectivity index (χ1v) is 5.91. The Bertz CT molecular complexity index is 286. The van der Waals surface area contributed by atoms with Crippen molar-refractivity contribution in [3.63, 3.8) is 0 Å². The highest BCUT2D eigenvalue weighted by atomic mass is 32.1. The molecule has 3 heteroatoms. The van der Waals surface area contributed by atoms with E-state index in [0.717, 1.165) is 12.2 Å². The number of nitrogens with zero attached hydrogens (tertiary/aromatic N) is 1. The summed E-state index contributed by atoms with van der Waals surface area (Å²) in [6.45, 7) is 12.0. The summed E-state index contributed by atoms with van der Waals surface area (Å²) in [5.41, 5.74) is 3.38. The van der Waals surface area contributed by atoms with Gasteiger partial charge in [0.05, 0.1) is 11.2 Å². The van der Waals surface area contributed by atoms with Gasteiger partial charge in [0.2, 0.25) is 0 Å². The van der Waals surface area contributed by atoms with E-state index in [2.05, 4.69) is 44.9 Å². The van der Waals surface area contributed by atoms with E-state index in [9.17, 15) is 0 Å². The summed E-state index contributed by atoms with van der Waals surface area (Å²) in [5.74, 6) is 0. The van der Waals surface area contributed by atoms with Crippen molar-refractivity contribution in [3.05, 3.63) is 16.1 Å². The molecule has 1 aromatic heterocycles. The Kier molecular flexibility index (Phi) is 3.67. The molecule has 14 heavy (non-hydrogen) atoms. The van der Waals surface area contributed by atoms with Gasteiger partial charge in [-0.3, -0.25) is 0 Å². The quantitative estimate of drug-likeness (QED) is 0.833. The van der Waals surface area contributed by atoms with Gasteiger partial charge < -0.3 is 5.32 Å². The molecular formula is C11H20N2S. The number of aromatic nitrogens is 1. The minimum Gasteiger partial charge on any atom is -0.309 e. The van der Waals surface area contributed by atoms with Gasteiger partial charge in [0.1, 0.15) is 0 Å². The molecule has 0 fully saturated rings. The minimum atomic E-state index is 0.318. The number of nitrogens with one attached hydrogen (secondary N) is 1. The highest BCUT2D eigenvalue weighted by molar-refractivity contribution is 7.09. The van der Waals surface area contributed by atoms with E-state index < -0.39 is 0 Å². The third-order valence-corrected chi connectivity index (χ3v) is 3.65. The van der Waals surface area contributed by atoms with Crippen molar-refractivity contribution in [1.82, 2.24) is 10.3 Å². The van der Waals surface area contributed by atoms with E-state index in [1.165, 1.54) is 4.88 Å². The van der Waals surface area contributed by atoms with Crippen LogP contribution in [0, 0.1) is 12.3 Å². The lowest BCUT2D eigenvalue weighted by Crippen LogP contribution is -2.37. The maximum Gasteiger partial charge on any atom is 0.0798 e. The normalized spacial score (nSPS) is 14.4. The van der Waals surface area contributed by atoms with Gasteiger partial charge in [0, 0.05) is 17.5 Å². The van der Waals surface area contributed by atoms with Crippen LogP contribution in [0.2, 0.25) is 0 Å². The maximum absolute atomic E-state index is 4.24. The molecule has 0 bridgehead atoms. The minimum absolute atomic E-state index is 0.318. The Morgan fingerprint density at radius 1 is 1.50 bits per heavy atom. The SMILES string of the molecule is Cc1ncsc1CNC(C)C(C)(C)C. The first kappa shape index (κ1) is 11.7. The van der Waals surface area contributed by atoms with Gasteiger partial charge in [0.15, 0.2) is 0 Å². The van der Waals surface area contributed by atoms with Crippen LogP contribution in [-0.2, 0) is 6.54 Å². The van der Waals surface area contributed by atoms with E-state index in [0.29, 0.717) is 11.5 Å². The molecule has 0 radical (unpaired) electrons. The molecule has 0 aromatic carbocycles.